The molecule has 2 atom stereocenters. The summed E-state index contributed by atoms with van der Waals surface area (Å²) < 4.78 is 2.34. The second-order valence-electron chi connectivity index (χ2n) is 3.76. The highest BCUT2D eigenvalue weighted by molar-refractivity contribution is 6.80. The van der Waals surface area contributed by atoms with E-state index in [0.29, 0.717) is 5.54 Å². The van der Waals surface area contributed by atoms with E-state index in [-0.39, 0.29) is 0 Å². The molecule has 2 nitrogen and oxygen atoms in total. The highest BCUT2D eigenvalue weighted by atomic mass is 28.3. The lowest BCUT2D eigenvalue weighted by atomic mass is 10.4. The van der Waals surface area contributed by atoms with Crippen LogP contribution < -0.4 is 4.98 Å². The van der Waals surface area contributed by atoms with E-state index in [1.165, 1.54) is 6.42 Å². The molecule has 0 aliphatic carbocycles. The Morgan fingerprint density at radius 3 is 2.23 bits per heavy atom. The summed E-state index contributed by atoms with van der Waals surface area (Å²) in [5, 5.41) is 0. The summed E-state index contributed by atoms with van der Waals surface area (Å²) in [6, 6.07) is 0. The van der Waals surface area contributed by atoms with E-state index in [9.17, 15) is 0 Å². The highest BCUT2D eigenvalue weighted by Gasteiger charge is 2.37. The maximum Gasteiger partial charge on any atom is 0.231 e. The van der Waals surface area contributed by atoms with Gasteiger partial charge in [-0.25, -0.2) is 0 Å². The minimum atomic E-state index is -1.60. The fourth-order valence-corrected chi connectivity index (χ4v) is 5.47. The first-order chi connectivity index (χ1) is 6.05. The molecule has 0 radical (unpaired) electrons. The van der Waals surface area contributed by atoms with Gasteiger partial charge in [-0.05, 0) is 26.2 Å². The van der Waals surface area contributed by atoms with Crippen molar-refractivity contribution in [1.29, 1.82) is 0 Å². The normalized spacial score (nSPS) is 18.3. The molecule has 0 bridgehead atoms. The number of nitrogens with one attached hydrogen (secondary N) is 1. The zero-order valence-corrected chi connectivity index (χ0v) is 10.7. The van der Waals surface area contributed by atoms with E-state index in [1.54, 1.807) is 0 Å². The van der Waals surface area contributed by atoms with Gasteiger partial charge in [-0.2, -0.15) is 0 Å². The van der Waals surface area contributed by atoms with Gasteiger partial charge in [0.05, 0.1) is 0 Å². The molecule has 2 unspecified atom stereocenters. The van der Waals surface area contributed by atoms with E-state index in [0.717, 1.165) is 6.54 Å². The first-order valence-electron chi connectivity index (χ1n) is 5.11. The summed E-state index contributed by atoms with van der Waals surface area (Å²) in [5.41, 5.74) is 2.87. The van der Waals surface area contributed by atoms with Gasteiger partial charge in [-0.15, -0.1) is 6.58 Å². The molecule has 0 heterocycles. The summed E-state index contributed by atoms with van der Waals surface area (Å²) in [5.74, 6) is 0. The lowest BCUT2D eigenvalue weighted by Crippen LogP contribution is -2.62. The van der Waals surface area contributed by atoms with Crippen molar-refractivity contribution in [2.75, 3.05) is 20.6 Å². The maximum atomic E-state index is 4.00. The zero-order valence-electron chi connectivity index (χ0n) is 9.72. The van der Waals surface area contributed by atoms with Gasteiger partial charge in [0.1, 0.15) is 0 Å². The van der Waals surface area contributed by atoms with Crippen LogP contribution in [0.4, 0.5) is 0 Å². The van der Waals surface area contributed by atoms with Gasteiger partial charge >= 0.3 is 0 Å². The van der Waals surface area contributed by atoms with E-state index in [1.807, 2.05) is 0 Å². The summed E-state index contributed by atoms with van der Waals surface area (Å²) in [7, 11) is 2.71. The second-order valence-corrected chi connectivity index (χ2v) is 8.06. The summed E-state index contributed by atoms with van der Waals surface area (Å²) >= 11 is 0. The van der Waals surface area contributed by atoms with Crippen molar-refractivity contribution >= 4 is 8.40 Å². The highest BCUT2D eigenvalue weighted by Crippen LogP contribution is 2.24. The van der Waals surface area contributed by atoms with Crippen LogP contribution in [0, 0.1) is 0 Å². The quantitative estimate of drug-likeness (QED) is 0.661. The molecule has 1 N–H and O–H groups in total. The third-order valence-corrected chi connectivity index (χ3v) is 7.81. The minimum Gasteiger partial charge on any atom is -0.322 e. The van der Waals surface area contributed by atoms with Crippen LogP contribution >= 0.6 is 0 Å². The molecule has 0 aliphatic rings. The molecule has 0 aliphatic heterocycles. The Morgan fingerprint density at radius 2 is 2.00 bits per heavy atom. The zero-order chi connectivity index (χ0) is 10.5. The smallest absolute Gasteiger partial charge is 0.231 e. The Kier molecular flexibility index (Phi) is 5.52. The molecule has 0 aromatic carbocycles. The average Bonchev–Trinajstić information content (AvgIpc) is 2.12. The topological polar surface area (TPSA) is 15.3 Å². The maximum absolute atomic E-state index is 4.00. The third kappa shape index (κ3) is 2.66. The second kappa shape index (κ2) is 5.57. The lowest BCUT2D eigenvalue weighted by molar-refractivity contribution is 0.563. The molecule has 0 fully saturated rings. The summed E-state index contributed by atoms with van der Waals surface area (Å²) in [6.45, 7) is 11.8. The van der Waals surface area contributed by atoms with Crippen molar-refractivity contribution in [3.63, 3.8) is 0 Å². The van der Waals surface area contributed by atoms with Crippen LogP contribution in [0.25, 0.3) is 0 Å². The molecule has 0 rings (SSSR count). The average molecular weight is 200 g/mol. The van der Waals surface area contributed by atoms with Crippen LogP contribution in [-0.4, -0.2) is 33.6 Å². The predicted molar refractivity (Wildman–Crippen MR) is 63.0 cm³/mol. The SMILES string of the molecule is C=C[Si](NCC)(C(C)CC)N(C)C. The fourth-order valence-electron chi connectivity index (χ4n) is 1.82. The summed E-state index contributed by atoms with van der Waals surface area (Å²) in [4.78, 5) is 3.64. The Morgan fingerprint density at radius 1 is 1.46 bits per heavy atom. The molecule has 3 heteroatoms. The summed E-state index contributed by atoms with van der Waals surface area (Å²) in [6.07, 6.45) is 1.21. The van der Waals surface area contributed by atoms with Crippen LogP contribution in [0.2, 0.25) is 5.54 Å². The third-order valence-electron chi connectivity index (χ3n) is 2.87. The first kappa shape index (κ1) is 12.9. The molecule has 0 spiro atoms. The van der Waals surface area contributed by atoms with E-state index in [4.69, 9.17) is 0 Å². The van der Waals surface area contributed by atoms with Gasteiger partial charge < -0.3 is 9.55 Å². The van der Waals surface area contributed by atoms with E-state index < -0.39 is 8.40 Å². The van der Waals surface area contributed by atoms with Crippen LogP contribution in [-0.2, 0) is 0 Å². The van der Waals surface area contributed by atoms with Gasteiger partial charge in [-0.3, -0.25) is 0 Å². The molecule has 13 heavy (non-hydrogen) atoms. The van der Waals surface area contributed by atoms with Gasteiger partial charge in [0.25, 0.3) is 0 Å². The monoisotopic (exact) mass is 200 g/mol. The predicted octanol–water partition coefficient (Wildman–Crippen LogP) is 2.12. The molecule has 0 amide bonds. The lowest BCUT2D eigenvalue weighted by Gasteiger charge is -2.39. The largest absolute Gasteiger partial charge is 0.322 e. The Labute approximate surface area is 84.2 Å². The Balaban J connectivity index is 4.73. The van der Waals surface area contributed by atoms with Crippen molar-refractivity contribution in [2.24, 2.45) is 0 Å². The van der Waals surface area contributed by atoms with Crippen LogP contribution in [0.5, 0.6) is 0 Å². The van der Waals surface area contributed by atoms with Crippen molar-refractivity contribution in [3.05, 3.63) is 12.3 Å². The molecule has 0 aromatic heterocycles. The first-order valence-corrected chi connectivity index (χ1v) is 7.21. The number of hydrogen-bond acceptors (Lipinski definition) is 2. The Hall–Kier alpha value is -0.123. The minimum absolute atomic E-state index is 0.708. The van der Waals surface area contributed by atoms with Crippen molar-refractivity contribution in [3.8, 4) is 0 Å². The van der Waals surface area contributed by atoms with Gasteiger partial charge in [0, 0.05) is 0 Å². The van der Waals surface area contributed by atoms with E-state index >= 15 is 0 Å². The molecular formula is C10H24N2Si. The van der Waals surface area contributed by atoms with Gasteiger partial charge in [-0.1, -0.05) is 32.9 Å². The molecule has 0 saturated carbocycles. The van der Waals surface area contributed by atoms with E-state index in [2.05, 4.69) is 56.7 Å². The number of nitrogens with zero attached hydrogens (tertiary/aromatic N) is 1. The number of hydrogen-bond donors (Lipinski definition) is 1. The van der Waals surface area contributed by atoms with Crippen molar-refractivity contribution < 1.29 is 0 Å². The fraction of sp³-hybridized carbons (Fsp3) is 0.800. The van der Waals surface area contributed by atoms with Crippen molar-refractivity contribution in [2.45, 2.75) is 32.7 Å². The van der Waals surface area contributed by atoms with Crippen LogP contribution in [0.3, 0.4) is 0 Å². The van der Waals surface area contributed by atoms with Crippen LogP contribution in [0.1, 0.15) is 27.2 Å². The molecule has 0 saturated heterocycles. The Bertz CT molecular complexity index is 159. The van der Waals surface area contributed by atoms with Gasteiger partial charge in [0.2, 0.25) is 8.40 Å². The standard InChI is InChI=1S/C10H24N2Si/c1-7-10(4)13(9-3,11-8-2)12(5)6/h9-11H,3,7-8H2,1-2,4-6H3. The molecule has 78 valence electrons. The molecular weight excluding hydrogens is 176 g/mol. The number of rotatable bonds is 6. The van der Waals surface area contributed by atoms with Crippen LogP contribution in [0.15, 0.2) is 12.3 Å². The van der Waals surface area contributed by atoms with Crippen molar-refractivity contribution in [1.82, 2.24) is 9.55 Å². The van der Waals surface area contributed by atoms with Gasteiger partial charge in [0.15, 0.2) is 0 Å². The molecule has 0 aromatic rings.